The first-order valence-corrected chi connectivity index (χ1v) is 7.07. The van der Waals surface area contributed by atoms with E-state index >= 15 is 0 Å². The van der Waals surface area contributed by atoms with Crippen molar-refractivity contribution in [3.8, 4) is 6.07 Å². The van der Waals surface area contributed by atoms with Crippen molar-refractivity contribution in [2.75, 3.05) is 13.1 Å². The molecular weight excluding hydrogens is 300 g/mol. The van der Waals surface area contributed by atoms with Gasteiger partial charge in [-0.25, -0.2) is 8.42 Å². The van der Waals surface area contributed by atoms with Crippen molar-refractivity contribution in [1.82, 2.24) is 4.31 Å². The molecule has 1 aromatic rings. The van der Waals surface area contributed by atoms with Crippen molar-refractivity contribution < 1.29 is 28.2 Å². The summed E-state index contributed by atoms with van der Waals surface area (Å²) in [6.45, 7) is -0.405. The molecule has 0 aromatic heterocycles. The van der Waals surface area contributed by atoms with E-state index in [1.165, 1.54) is 19.1 Å². The summed E-state index contributed by atoms with van der Waals surface area (Å²) in [5.41, 5.74) is 0.668. The molecule has 2 N–H and O–H groups in total. The van der Waals surface area contributed by atoms with Gasteiger partial charge >= 0.3 is 11.9 Å². The van der Waals surface area contributed by atoms with Gasteiger partial charge < -0.3 is 10.2 Å². The van der Waals surface area contributed by atoms with E-state index in [-0.39, 0.29) is 10.5 Å². The van der Waals surface area contributed by atoms with E-state index in [0.29, 0.717) is 9.87 Å². The summed E-state index contributed by atoms with van der Waals surface area (Å²) in [4.78, 5) is 21.1. The maximum Gasteiger partial charge on any atom is 0.318 e. The van der Waals surface area contributed by atoms with Crippen LogP contribution in [0.25, 0.3) is 0 Å². The molecule has 0 heterocycles. The van der Waals surface area contributed by atoms with Crippen molar-refractivity contribution >= 4 is 22.0 Å². The van der Waals surface area contributed by atoms with E-state index in [2.05, 4.69) is 0 Å². The van der Waals surface area contributed by atoms with Gasteiger partial charge in [-0.15, -0.1) is 0 Å². The van der Waals surface area contributed by atoms with E-state index in [4.69, 9.17) is 15.5 Å². The fourth-order valence-electron chi connectivity index (χ4n) is 1.60. The van der Waals surface area contributed by atoms with Crippen LogP contribution in [-0.4, -0.2) is 48.0 Å². The van der Waals surface area contributed by atoms with Crippen LogP contribution < -0.4 is 0 Å². The third-order valence-electron chi connectivity index (χ3n) is 2.58. The highest BCUT2D eigenvalue weighted by molar-refractivity contribution is 7.89. The standard InChI is InChI=1S/C12H12N2O6S/c1-8-4-10(3-2-9(8)5-13)21(19,20)14(6-11(15)16)7-12(17)18/h2-4H,6-7H2,1H3,(H,15,16)(H,17,18). The lowest BCUT2D eigenvalue weighted by Crippen LogP contribution is -2.39. The second-order valence-corrected chi connectivity index (χ2v) is 6.09. The smallest absolute Gasteiger partial charge is 0.318 e. The van der Waals surface area contributed by atoms with Gasteiger partial charge in [0.05, 0.1) is 16.5 Å². The molecular formula is C12H12N2O6S. The Bertz CT molecular complexity index is 704. The van der Waals surface area contributed by atoms with E-state index < -0.39 is 35.1 Å². The number of carbonyl (C=O) groups is 2. The first kappa shape index (κ1) is 16.6. The Kier molecular flexibility index (Phi) is 5.02. The molecule has 0 amide bonds. The fourth-order valence-corrected chi connectivity index (χ4v) is 3.02. The molecule has 8 nitrogen and oxygen atoms in total. The van der Waals surface area contributed by atoms with Crippen molar-refractivity contribution in [3.05, 3.63) is 29.3 Å². The molecule has 0 aliphatic heterocycles. The van der Waals surface area contributed by atoms with Crippen molar-refractivity contribution in [3.63, 3.8) is 0 Å². The maximum atomic E-state index is 12.3. The Morgan fingerprint density at radius 2 is 1.76 bits per heavy atom. The third kappa shape index (κ3) is 4.01. The largest absolute Gasteiger partial charge is 0.480 e. The highest BCUT2D eigenvalue weighted by atomic mass is 32.2. The second kappa shape index (κ2) is 6.34. The molecule has 0 aliphatic carbocycles. The van der Waals surface area contributed by atoms with Crippen LogP contribution in [-0.2, 0) is 19.6 Å². The van der Waals surface area contributed by atoms with Gasteiger partial charge in [-0.3, -0.25) is 9.59 Å². The predicted octanol–water partition coefficient (Wildman–Crippen LogP) is 0.0266. The maximum absolute atomic E-state index is 12.3. The zero-order chi connectivity index (χ0) is 16.2. The normalized spacial score (nSPS) is 11.1. The van der Waals surface area contributed by atoms with Crippen LogP contribution in [0.15, 0.2) is 23.1 Å². The summed E-state index contributed by atoms with van der Waals surface area (Å²) in [5.74, 6) is -2.93. The minimum atomic E-state index is -4.28. The van der Waals surface area contributed by atoms with Crippen LogP contribution >= 0.6 is 0 Å². The monoisotopic (exact) mass is 312 g/mol. The lowest BCUT2D eigenvalue weighted by atomic mass is 10.1. The van der Waals surface area contributed by atoms with Gasteiger partial charge in [0.2, 0.25) is 10.0 Å². The quantitative estimate of drug-likeness (QED) is 0.756. The topological polar surface area (TPSA) is 136 Å². The molecule has 112 valence electrons. The van der Waals surface area contributed by atoms with Gasteiger partial charge in [-0.05, 0) is 30.7 Å². The van der Waals surface area contributed by atoms with E-state index in [0.717, 1.165) is 6.07 Å². The molecule has 0 bridgehead atoms. The molecule has 1 rings (SSSR count). The summed E-state index contributed by atoms with van der Waals surface area (Å²) < 4.78 is 24.9. The molecule has 0 saturated heterocycles. The number of hydrogen-bond acceptors (Lipinski definition) is 5. The Morgan fingerprint density at radius 3 is 2.14 bits per heavy atom. The molecule has 9 heteroatoms. The molecule has 1 aromatic carbocycles. The fraction of sp³-hybridized carbons (Fsp3) is 0.250. The number of nitrogens with zero attached hydrogens (tertiary/aromatic N) is 2. The number of carboxylic acid groups (broad SMARTS) is 2. The van der Waals surface area contributed by atoms with E-state index in [1.807, 2.05) is 6.07 Å². The first-order chi connectivity index (χ1) is 9.68. The van der Waals surface area contributed by atoms with Crippen molar-refractivity contribution in [2.24, 2.45) is 0 Å². The number of hydrogen-bond donors (Lipinski definition) is 2. The number of nitriles is 1. The summed E-state index contributed by atoms with van der Waals surface area (Å²) in [6, 6.07) is 5.49. The van der Waals surface area contributed by atoms with Crippen LogP contribution in [0.3, 0.4) is 0 Å². The van der Waals surface area contributed by atoms with Gasteiger partial charge in [0, 0.05) is 0 Å². The van der Waals surface area contributed by atoms with Gasteiger partial charge in [0.15, 0.2) is 0 Å². The zero-order valence-corrected chi connectivity index (χ0v) is 11.8. The predicted molar refractivity (Wildman–Crippen MR) is 69.9 cm³/mol. The van der Waals surface area contributed by atoms with Crippen LogP contribution in [0, 0.1) is 18.3 Å². The average molecular weight is 312 g/mol. The minimum absolute atomic E-state index is 0.262. The molecule has 0 aliphatic rings. The second-order valence-electron chi connectivity index (χ2n) is 4.15. The molecule has 0 atom stereocenters. The highest BCUT2D eigenvalue weighted by Gasteiger charge is 2.28. The summed E-state index contributed by atoms with van der Waals surface area (Å²) in [7, 11) is -4.28. The zero-order valence-electron chi connectivity index (χ0n) is 11.0. The molecule has 0 saturated carbocycles. The Labute approximate surface area is 120 Å². The Hall–Kier alpha value is -2.44. The lowest BCUT2D eigenvalue weighted by molar-refractivity contribution is -0.139. The van der Waals surface area contributed by atoms with Crippen LogP contribution in [0.4, 0.5) is 0 Å². The van der Waals surface area contributed by atoms with Gasteiger partial charge in [0.1, 0.15) is 13.1 Å². The highest BCUT2D eigenvalue weighted by Crippen LogP contribution is 2.19. The van der Waals surface area contributed by atoms with Crippen molar-refractivity contribution in [2.45, 2.75) is 11.8 Å². The minimum Gasteiger partial charge on any atom is -0.480 e. The summed E-state index contributed by atoms with van der Waals surface area (Å²) in [5, 5.41) is 26.2. The van der Waals surface area contributed by atoms with Gasteiger partial charge in [0.25, 0.3) is 0 Å². The number of aliphatic carboxylic acids is 2. The van der Waals surface area contributed by atoms with Crippen LogP contribution in [0.2, 0.25) is 0 Å². The van der Waals surface area contributed by atoms with Crippen LogP contribution in [0.5, 0.6) is 0 Å². The molecule has 0 spiro atoms. The average Bonchev–Trinajstić information content (AvgIpc) is 2.36. The SMILES string of the molecule is Cc1cc(S(=O)(=O)N(CC(=O)O)CC(=O)O)ccc1C#N. The van der Waals surface area contributed by atoms with Gasteiger partial charge in [-0.1, -0.05) is 0 Å². The Balaban J connectivity index is 3.28. The third-order valence-corrected chi connectivity index (χ3v) is 4.37. The Morgan fingerprint density at radius 1 is 1.24 bits per heavy atom. The first-order valence-electron chi connectivity index (χ1n) is 5.63. The molecule has 0 radical (unpaired) electrons. The number of rotatable bonds is 6. The number of aryl methyl sites for hydroxylation is 1. The molecule has 0 fully saturated rings. The summed E-state index contributed by atoms with van der Waals surface area (Å²) in [6.07, 6.45) is 0. The lowest BCUT2D eigenvalue weighted by Gasteiger charge is -2.18. The van der Waals surface area contributed by atoms with Crippen LogP contribution in [0.1, 0.15) is 11.1 Å². The number of carboxylic acids is 2. The number of sulfonamides is 1. The van der Waals surface area contributed by atoms with Gasteiger partial charge in [-0.2, -0.15) is 9.57 Å². The van der Waals surface area contributed by atoms with Crippen molar-refractivity contribution in [1.29, 1.82) is 5.26 Å². The number of benzene rings is 1. The van der Waals surface area contributed by atoms with E-state index in [9.17, 15) is 18.0 Å². The molecule has 0 unspecified atom stereocenters. The molecule has 21 heavy (non-hydrogen) atoms. The van der Waals surface area contributed by atoms with E-state index in [1.54, 1.807) is 0 Å². The summed E-state index contributed by atoms with van der Waals surface area (Å²) >= 11 is 0.